The molecular formula is C10H10ClF3N2O4S. The van der Waals surface area contributed by atoms with Crippen molar-refractivity contribution in [2.75, 3.05) is 18.5 Å². The van der Waals surface area contributed by atoms with Gasteiger partial charge in [0.05, 0.1) is 15.6 Å². The molecule has 0 heterocycles. The summed E-state index contributed by atoms with van der Waals surface area (Å²) in [6.45, 7) is -2.38. The minimum absolute atomic E-state index is 0.0182. The summed E-state index contributed by atoms with van der Waals surface area (Å²) < 4.78 is 61.7. The van der Waals surface area contributed by atoms with Crippen LogP contribution in [0.3, 0.4) is 0 Å². The van der Waals surface area contributed by atoms with Crippen molar-refractivity contribution in [3.05, 3.63) is 23.2 Å². The van der Waals surface area contributed by atoms with E-state index in [0.717, 1.165) is 18.2 Å². The van der Waals surface area contributed by atoms with Crippen LogP contribution < -0.4 is 10.5 Å². The highest BCUT2D eigenvalue weighted by Gasteiger charge is 2.27. The Morgan fingerprint density at radius 2 is 2.00 bits per heavy atom. The molecular weight excluding hydrogens is 337 g/mol. The van der Waals surface area contributed by atoms with E-state index in [0.29, 0.717) is 0 Å². The fourth-order valence-electron chi connectivity index (χ4n) is 1.22. The lowest BCUT2D eigenvalue weighted by Crippen LogP contribution is -2.24. The number of carbonyl (C=O) groups is 1. The fraction of sp³-hybridized carbons (Fsp3) is 0.300. The number of carbonyl (C=O) groups excluding carboxylic acids is 1. The lowest BCUT2D eigenvalue weighted by atomic mass is 10.3. The molecule has 6 nitrogen and oxygen atoms in total. The van der Waals surface area contributed by atoms with Gasteiger partial charge in [-0.1, -0.05) is 11.6 Å². The number of nitrogens with two attached hydrogens (primary N) is 1. The van der Waals surface area contributed by atoms with Crippen LogP contribution in [0.4, 0.5) is 18.9 Å². The average molecular weight is 347 g/mol. The van der Waals surface area contributed by atoms with Crippen molar-refractivity contribution < 1.29 is 31.1 Å². The third-order valence-corrected chi connectivity index (χ3v) is 3.27. The average Bonchev–Trinajstić information content (AvgIpc) is 2.28. The van der Waals surface area contributed by atoms with Crippen LogP contribution in [0.15, 0.2) is 23.1 Å². The standard InChI is InChI=1S/C10H10ClF3N2O4S/c11-7-3-6(21(15,18)19)1-2-8(7)16-9(17)4-20-5-10(12,13)14/h1-3H,4-5H2,(H,16,17)(H2,15,18,19). The van der Waals surface area contributed by atoms with E-state index in [1.54, 1.807) is 0 Å². The number of amides is 1. The van der Waals surface area contributed by atoms with Gasteiger partial charge in [0.25, 0.3) is 0 Å². The van der Waals surface area contributed by atoms with E-state index in [9.17, 15) is 26.4 Å². The van der Waals surface area contributed by atoms with E-state index >= 15 is 0 Å². The molecule has 11 heteroatoms. The van der Waals surface area contributed by atoms with E-state index in [2.05, 4.69) is 10.1 Å². The molecule has 0 aliphatic rings. The van der Waals surface area contributed by atoms with Gasteiger partial charge in [-0.15, -0.1) is 0 Å². The van der Waals surface area contributed by atoms with Crippen molar-refractivity contribution >= 4 is 33.2 Å². The summed E-state index contributed by atoms with van der Waals surface area (Å²) in [4.78, 5) is 11.1. The number of primary sulfonamides is 1. The van der Waals surface area contributed by atoms with Crippen molar-refractivity contribution in [3.63, 3.8) is 0 Å². The molecule has 0 spiro atoms. The van der Waals surface area contributed by atoms with E-state index in [-0.39, 0.29) is 15.6 Å². The maximum atomic E-state index is 11.8. The second-order valence-corrected chi connectivity index (χ2v) is 5.81. The molecule has 118 valence electrons. The van der Waals surface area contributed by atoms with Crippen LogP contribution in [0.25, 0.3) is 0 Å². The summed E-state index contributed by atoms with van der Waals surface area (Å²) in [5.41, 5.74) is 0.0182. The molecule has 0 fully saturated rings. The fourth-order valence-corrected chi connectivity index (χ4v) is 2.05. The van der Waals surface area contributed by atoms with Crippen LogP contribution in [0.2, 0.25) is 5.02 Å². The highest BCUT2D eigenvalue weighted by atomic mass is 35.5. The number of halogens is 4. The molecule has 1 aromatic carbocycles. The van der Waals surface area contributed by atoms with Crippen LogP contribution in [-0.2, 0) is 19.6 Å². The number of hydrogen-bond donors (Lipinski definition) is 2. The zero-order valence-corrected chi connectivity index (χ0v) is 11.8. The predicted octanol–water partition coefficient (Wildman–Crippen LogP) is 1.50. The quantitative estimate of drug-likeness (QED) is 0.844. The Morgan fingerprint density at radius 3 is 2.48 bits per heavy atom. The lowest BCUT2D eigenvalue weighted by molar-refractivity contribution is -0.174. The predicted molar refractivity (Wildman–Crippen MR) is 68.3 cm³/mol. The van der Waals surface area contributed by atoms with Gasteiger partial charge in [0.1, 0.15) is 13.2 Å². The van der Waals surface area contributed by atoms with Crippen molar-refractivity contribution in [1.82, 2.24) is 0 Å². The molecule has 0 aliphatic carbocycles. The van der Waals surface area contributed by atoms with E-state index in [4.69, 9.17) is 16.7 Å². The normalized spacial score (nSPS) is 12.2. The summed E-state index contributed by atoms with van der Waals surface area (Å²) in [5, 5.41) is 6.93. The number of sulfonamides is 1. The largest absolute Gasteiger partial charge is 0.411 e. The highest BCUT2D eigenvalue weighted by molar-refractivity contribution is 7.89. The molecule has 0 saturated carbocycles. The zero-order valence-electron chi connectivity index (χ0n) is 10.3. The zero-order chi connectivity index (χ0) is 16.3. The van der Waals surface area contributed by atoms with Crippen molar-refractivity contribution in [2.24, 2.45) is 5.14 Å². The molecule has 0 atom stereocenters. The Labute approximate surface area is 123 Å². The maximum Gasteiger partial charge on any atom is 0.411 e. The summed E-state index contributed by atoms with van der Waals surface area (Å²) in [6, 6.07) is 3.25. The summed E-state index contributed by atoms with van der Waals surface area (Å²) in [5.74, 6) is -0.871. The van der Waals surface area contributed by atoms with Crippen molar-refractivity contribution in [2.45, 2.75) is 11.1 Å². The van der Waals surface area contributed by atoms with Gasteiger partial charge >= 0.3 is 6.18 Å². The number of rotatable bonds is 5. The minimum atomic E-state index is -4.53. The lowest BCUT2D eigenvalue weighted by Gasteiger charge is -2.10. The molecule has 0 unspecified atom stereocenters. The number of nitrogens with one attached hydrogen (secondary N) is 1. The molecule has 0 bridgehead atoms. The van der Waals surface area contributed by atoms with Crippen molar-refractivity contribution in [1.29, 1.82) is 0 Å². The SMILES string of the molecule is NS(=O)(=O)c1ccc(NC(=O)COCC(F)(F)F)c(Cl)c1. The molecule has 1 rings (SSSR count). The second-order valence-electron chi connectivity index (χ2n) is 3.84. The van der Waals surface area contributed by atoms with Crippen LogP contribution in [0.5, 0.6) is 0 Å². The first-order valence-corrected chi connectivity index (χ1v) is 7.18. The van der Waals surface area contributed by atoms with Gasteiger partial charge < -0.3 is 10.1 Å². The van der Waals surface area contributed by atoms with Crippen LogP contribution >= 0.6 is 11.6 Å². The Balaban J connectivity index is 2.65. The van der Waals surface area contributed by atoms with Gasteiger partial charge in [-0.05, 0) is 18.2 Å². The van der Waals surface area contributed by atoms with E-state index in [1.807, 2.05) is 0 Å². The first-order chi connectivity index (χ1) is 9.49. The summed E-state index contributed by atoms with van der Waals surface area (Å²) in [7, 11) is -3.95. The number of benzene rings is 1. The Hall–Kier alpha value is -1.36. The number of hydrogen-bond acceptors (Lipinski definition) is 4. The minimum Gasteiger partial charge on any atom is -0.362 e. The van der Waals surface area contributed by atoms with Gasteiger partial charge in [0, 0.05) is 0 Å². The van der Waals surface area contributed by atoms with Crippen LogP contribution in [-0.4, -0.2) is 33.7 Å². The van der Waals surface area contributed by atoms with Crippen LogP contribution in [0.1, 0.15) is 0 Å². The Morgan fingerprint density at radius 1 is 1.38 bits per heavy atom. The summed E-state index contributed by atoms with van der Waals surface area (Å²) in [6.07, 6.45) is -4.53. The van der Waals surface area contributed by atoms with Gasteiger partial charge in [-0.25, -0.2) is 13.6 Å². The van der Waals surface area contributed by atoms with E-state index < -0.39 is 35.3 Å². The third kappa shape index (κ3) is 6.29. The highest BCUT2D eigenvalue weighted by Crippen LogP contribution is 2.24. The topological polar surface area (TPSA) is 98.5 Å². The molecule has 0 aliphatic heterocycles. The number of anilines is 1. The molecule has 0 saturated heterocycles. The van der Waals surface area contributed by atoms with Crippen LogP contribution in [0, 0.1) is 0 Å². The molecule has 1 amide bonds. The van der Waals surface area contributed by atoms with Gasteiger partial charge in [0.2, 0.25) is 15.9 Å². The van der Waals surface area contributed by atoms with Gasteiger partial charge in [-0.3, -0.25) is 4.79 Å². The second kappa shape index (κ2) is 6.60. The van der Waals surface area contributed by atoms with E-state index in [1.165, 1.54) is 0 Å². The molecule has 21 heavy (non-hydrogen) atoms. The van der Waals surface area contributed by atoms with Gasteiger partial charge in [0.15, 0.2) is 0 Å². The summed E-state index contributed by atoms with van der Waals surface area (Å²) >= 11 is 5.73. The monoisotopic (exact) mass is 346 g/mol. The Kier molecular flexibility index (Phi) is 5.56. The first kappa shape index (κ1) is 17.7. The maximum absolute atomic E-state index is 11.8. The molecule has 3 N–H and O–H groups in total. The van der Waals surface area contributed by atoms with Crippen molar-refractivity contribution in [3.8, 4) is 0 Å². The Bertz CT molecular complexity index is 634. The molecule has 0 radical (unpaired) electrons. The van der Waals surface area contributed by atoms with Gasteiger partial charge in [-0.2, -0.15) is 13.2 Å². The number of ether oxygens (including phenoxy) is 1. The molecule has 0 aromatic heterocycles. The molecule has 1 aromatic rings. The number of alkyl halides is 3. The third-order valence-electron chi connectivity index (χ3n) is 2.04. The first-order valence-electron chi connectivity index (χ1n) is 5.26. The smallest absolute Gasteiger partial charge is 0.362 e.